The van der Waals surface area contributed by atoms with E-state index in [1.807, 2.05) is 6.07 Å². The van der Waals surface area contributed by atoms with Crippen LogP contribution in [0.3, 0.4) is 0 Å². The highest BCUT2D eigenvalue weighted by Crippen LogP contribution is 2.17. The fraction of sp³-hybridized carbons (Fsp3) is 0.600. The number of benzene rings is 1. The van der Waals surface area contributed by atoms with Gasteiger partial charge in [-0.15, -0.1) is 0 Å². The lowest BCUT2D eigenvalue weighted by atomic mass is 10.0. The van der Waals surface area contributed by atoms with Crippen LogP contribution in [0.5, 0.6) is 5.75 Å². The minimum Gasteiger partial charge on any atom is -0.497 e. The fourth-order valence-electron chi connectivity index (χ4n) is 2.65. The maximum atomic E-state index is 5.29. The van der Waals surface area contributed by atoms with Crippen molar-refractivity contribution >= 4 is 0 Å². The molecule has 0 bridgehead atoms. The van der Waals surface area contributed by atoms with Crippen LogP contribution in [0.4, 0.5) is 0 Å². The summed E-state index contributed by atoms with van der Waals surface area (Å²) in [6, 6.07) is 9.10. The van der Waals surface area contributed by atoms with Crippen molar-refractivity contribution in [1.29, 1.82) is 0 Å². The molecule has 1 aliphatic heterocycles. The lowest BCUT2D eigenvalue weighted by molar-refractivity contribution is 0.167. The van der Waals surface area contributed by atoms with E-state index >= 15 is 0 Å². The maximum Gasteiger partial charge on any atom is 0.119 e. The average Bonchev–Trinajstić information content (AvgIpc) is 2.46. The summed E-state index contributed by atoms with van der Waals surface area (Å²) in [5.41, 5.74) is 1.37. The second-order valence-corrected chi connectivity index (χ2v) is 4.90. The Labute approximate surface area is 110 Å². The topological polar surface area (TPSA) is 24.5 Å². The van der Waals surface area contributed by atoms with Crippen molar-refractivity contribution in [1.82, 2.24) is 10.2 Å². The molecular weight excluding hydrogens is 224 g/mol. The summed E-state index contributed by atoms with van der Waals surface area (Å²) < 4.78 is 5.29. The monoisotopic (exact) mass is 248 g/mol. The van der Waals surface area contributed by atoms with Gasteiger partial charge in [-0.2, -0.15) is 0 Å². The number of hydrogen-bond acceptors (Lipinski definition) is 3. The zero-order valence-electron chi connectivity index (χ0n) is 11.5. The lowest BCUT2D eigenvalue weighted by Crippen LogP contribution is -2.48. The van der Waals surface area contributed by atoms with Crippen LogP contribution in [-0.4, -0.2) is 44.2 Å². The predicted octanol–water partition coefficient (Wildman–Crippen LogP) is 1.92. The highest BCUT2D eigenvalue weighted by atomic mass is 16.5. The van der Waals surface area contributed by atoms with Gasteiger partial charge in [0.05, 0.1) is 7.11 Å². The molecule has 0 aliphatic carbocycles. The first kappa shape index (κ1) is 13.4. The van der Waals surface area contributed by atoms with Gasteiger partial charge in [0.2, 0.25) is 0 Å². The number of rotatable bonds is 5. The predicted molar refractivity (Wildman–Crippen MR) is 75.2 cm³/mol. The van der Waals surface area contributed by atoms with Gasteiger partial charge in [-0.25, -0.2) is 0 Å². The van der Waals surface area contributed by atoms with E-state index in [9.17, 15) is 0 Å². The van der Waals surface area contributed by atoms with Crippen molar-refractivity contribution in [3.8, 4) is 5.75 Å². The third-order valence-corrected chi connectivity index (χ3v) is 3.74. The van der Waals surface area contributed by atoms with Crippen molar-refractivity contribution in [2.24, 2.45) is 0 Å². The van der Waals surface area contributed by atoms with E-state index in [0.29, 0.717) is 6.04 Å². The van der Waals surface area contributed by atoms with Gasteiger partial charge in [0.15, 0.2) is 0 Å². The van der Waals surface area contributed by atoms with Crippen molar-refractivity contribution < 1.29 is 4.74 Å². The Hall–Kier alpha value is -1.06. The Morgan fingerprint density at radius 1 is 1.33 bits per heavy atom. The van der Waals surface area contributed by atoms with Gasteiger partial charge >= 0.3 is 0 Å². The molecule has 1 saturated heterocycles. The standard InChI is InChI=1S/C15H24N2O/c1-3-14(17-9-7-16-8-10-17)11-13-5-4-6-15(12-13)18-2/h4-6,12,14,16H,3,7-11H2,1-2H3. The van der Waals surface area contributed by atoms with E-state index < -0.39 is 0 Å². The van der Waals surface area contributed by atoms with Gasteiger partial charge in [-0.3, -0.25) is 4.90 Å². The van der Waals surface area contributed by atoms with Crippen molar-refractivity contribution in [3.63, 3.8) is 0 Å². The van der Waals surface area contributed by atoms with Gasteiger partial charge in [0.25, 0.3) is 0 Å². The second-order valence-electron chi connectivity index (χ2n) is 4.90. The Kier molecular flexibility index (Phi) is 5.02. The summed E-state index contributed by atoms with van der Waals surface area (Å²) in [5, 5.41) is 3.41. The number of hydrogen-bond donors (Lipinski definition) is 1. The molecular formula is C15H24N2O. The highest BCUT2D eigenvalue weighted by Gasteiger charge is 2.19. The third-order valence-electron chi connectivity index (χ3n) is 3.74. The van der Waals surface area contributed by atoms with Crippen molar-refractivity contribution in [2.75, 3.05) is 33.3 Å². The zero-order chi connectivity index (χ0) is 12.8. The van der Waals surface area contributed by atoms with Crippen molar-refractivity contribution in [2.45, 2.75) is 25.8 Å². The molecule has 1 N–H and O–H groups in total. The first-order valence-electron chi connectivity index (χ1n) is 6.91. The molecule has 1 fully saturated rings. The van der Waals surface area contributed by atoms with E-state index in [1.165, 1.54) is 25.1 Å². The smallest absolute Gasteiger partial charge is 0.119 e. The first-order chi connectivity index (χ1) is 8.83. The molecule has 0 spiro atoms. The summed E-state index contributed by atoms with van der Waals surface area (Å²) in [7, 11) is 1.73. The Morgan fingerprint density at radius 3 is 2.78 bits per heavy atom. The number of nitrogens with zero attached hydrogens (tertiary/aromatic N) is 1. The first-order valence-corrected chi connectivity index (χ1v) is 6.91. The van der Waals surface area contributed by atoms with Gasteiger partial charge < -0.3 is 10.1 Å². The molecule has 1 aromatic carbocycles. The SMILES string of the molecule is CCC(Cc1cccc(OC)c1)N1CCNCC1. The van der Waals surface area contributed by atoms with Crippen LogP contribution in [0, 0.1) is 0 Å². The number of piperazine rings is 1. The second kappa shape index (κ2) is 6.76. The molecule has 0 radical (unpaired) electrons. The molecule has 3 nitrogen and oxygen atoms in total. The average molecular weight is 248 g/mol. The van der Waals surface area contributed by atoms with Crippen LogP contribution in [0.15, 0.2) is 24.3 Å². The number of nitrogens with one attached hydrogen (secondary N) is 1. The Morgan fingerprint density at radius 2 is 2.11 bits per heavy atom. The van der Waals surface area contributed by atoms with Crippen LogP contribution in [0.1, 0.15) is 18.9 Å². The van der Waals surface area contributed by atoms with Gasteiger partial charge in [-0.1, -0.05) is 19.1 Å². The molecule has 100 valence electrons. The molecule has 3 heteroatoms. The van der Waals surface area contributed by atoms with Crippen LogP contribution >= 0.6 is 0 Å². The Bertz CT molecular complexity index is 361. The molecule has 1 unspecified atom stereocenters. The largest absolute Gasteiger partial charge is 0.497 e. The summed E-state index contributed by atoms with van der Waals surface area (Å²) >= 11 is 0. The zero-order valence-corrected chi connectivity index (χ0v) is 11.5. The van der Waals surface area contributed by atoms with Crippen molar-refractivity contribution in [3.05, 3.63) is 29.8 Å². The molecule has 1 atom stereocenters. The normalized spacial score (nSPS) is 18.6. The maximum absolute atomic E-state index is 5.29. The lowest BCUT2D eigenvalue weighted by Gasteiger charge is -2.34. The van der Waals surface area contributed by atoms with Gasteiger partial charge in [-0.05, 0) is 30.5 Å². The van der Waals surface area contributed by atoms with Gasteiger partial charge in [0, 0.05) is 32.2 Å². The minimum absolute atomic E-state index is 0.652. The molecule has 1 aromatic rings. The molecule has 1 heterocycles. The number of ether oxygens (including phenoxy) is 1. The van der Waals surface area contributed by atoms with E-state index in [2.05, 4.69) is 35.3 Å². The van der Waals surface area contributed by atoms with Gasteiger partial charge in [0.1, 0.15) is 5.75 Å². The quantitative estimate of drug-likeness (QED) is 0.861. The summed E-state index contributed by atoms with van der Waals surface area (Å²) in [6.45, 7) is 6.86. The van der Waals surface area contributed by atoms with E-state index in [-0.39, 0.29) is 0 Å². The van der Waals surface area contributed by atoms with Crippen LogP contribution in [0.25, 0.3) is 0 Å². The van der Waals surface area contributed by atoms with E-state index in [4.69, 9.17) is 4.74 Å². The summed E-state index contributed by atoms with van der Waals surface area (Å²) in [5.74, 6) is 0.961. The van der Waals surface area contributed by atoms with Crippen LogP contribution in [0.2, 0.25) is 0 Å². The number of methoxy groups -OCH3 is 1. The van der Waals surface area contributed by atoms with E-state index in [0.717, 1.165) is 25.3 Å². The molecule has 0 aromatic heterocycles. The Balaban J connectivity index is 1.99. The minimum atomic E-state index is 0.652. The molecule has 2 rings (SSSR count). The molecule has 18 heavy (non-hydrogen) atoms. The van der Waals surface area contributed by atoms with Crippen LogP contribution < -0.4 is 10.1 Å². The molecule has 0 amide bonds. The molecule has 0 saturated carbocycles. The highest BCUT2D eigenvalue weighted by molar-refractivity contribution is 5.29. The fourth-order valence-corrected chi connectivity index (χ4v) is 2.65. The van der Waals surface area contributed by atoms with E-state index in [1.54, 1.807) is 7.11 Å². The molecule has 1 aliphatic rings. The summed E-state index contributed by atoms with van der Waals surface area (Å²) in [4.78, 5) is 2.61. The third kappa shape index (κ3) is 3.47. The summed E-state index contributed by atoms with van der Waals surface area (Å²) in [6.07, 6.45) is 2.32. The van der Waals surface area contributed by atoms with Crippen LogP contribution in [-0.2, 0) is 6.42 Å².